The van der Waals surface area contributed by atoms with Gasteiger partial charge in [0.25, 0.3) is 5.91 Å². The zero-order valence-corrected chi connectivity index (χ0v) is 12.5. The van der Waals surface area contributed by atoms with Crippen LogP contribution in [0.3, 0.4) is 0 Å². The van der Waals surface area contributed by atoms with E-state index in [1.54, 1.807) is 6.07 Å². The monoisotopic (exact) mass is 330 g/mol. The van der Waals surface area contributed by atoms with Gasteiger partial charge < -0.3 is 4.74 Å². The van der Waals surface area contributed by atoms with Crippen molar-refractivity contribution in [2.75, 3.05) is 12.4 Å². The first-order valence-electron chi connectivity index (χ1n) is 5.32. The zero-order valence-electron chi connectivity index (χ0n) is 10.1. The van der Waals surface area contributed by atoms with Gasteiger partial charge in [0, 0.05) is 5.56 Å². The highest BCUT2D eigenvalue weighted by Gasteiger charge is 2.14. The number of esters is 1. The van der Waals surface area contributed by atoms with Crippen molar-refractivity contribution in [1.82, 2.24) is 4.98 Å². The maximum absolute atomic E-state index is 12.0. The lowest BCUT2D eigenvalue weighted by molar-refractivity contribution is 0.0606. The summed E-state index contributed by atoms with van der Waals surface area (Å²) in [5, 5.41) is 3.51. The van der Waals surface area contributed by atoms with Gasteiger partial charge in [0.05, 0.1) is 23.4 Å². The molecule has 0 fully saturated rings. The molecule has 8 heteroatoms. The number of hydrogen-bond donors (Lipinski definition) is 1. The molecule has 1 heterocycles. The average Bonchev–Trinajstić information content (AvgIpc) is 2.89. The van der Waals surface area contributed by atoms with Gasteiger partial charge in [-0.05, 0) is 18.2 Å². The summed E-state index contributed by atoms with van der Waals surface area (Å²) in [6, 6.07) is 4.52. The first kappa shape index (κ1) is 14.8. The topological polar surface area (TPSA) is 68.3 Å². The number of halogens is 2. The van der Waals surface area contributed by atoms with E-state index in [-0.39, 0.29) is 5.02 Å². The van der Waals surface area contributed by atoms with Crippen molar-refractivity contribution in [2.24, 2.45) is 0 Å². The molecule has 104 valence electrons. The maximum atomic E-state index is 12.0. The van der Waals surface area contributed by atoms with Crippen molar-refractivity contribution in [3.63, 3.8) is 0 Å². The number of amides is 1. The average molecular weight is 331 g/mol. The molecule has 1 N–H and O–H groups in total. The molecule has 0 radical (unpaired) electrons. The van der Waals surface area contributed by atoms with Crippen molar-refractivity contribution in [2.45, 2.75) is 0 Å². The van der Waals surface area contributed by atoms with Crippen LogP contribution < -0.4 is 5.32 Å². The summed E-state index contributed by atoms with van der Waals surface area (Å²) >= 11 is 12.6. The molecule has 1 aromatic heterocycles. The Balaban J connectivity index is 2.13. The molecule has 1 amide bonds. The molecule has 0 bridgehead atoms. The largest absolute Gasteiger partial charge is 0.465 e. The fraction of sp³-hybridized carbons (Fsp3) is 0.0833. The Morgan fingerprint density at radius 2 is 2.05 bits per heavy atom. The number of carbonyl (C=O) groups excluding carboxylic acids is 2. The van der Waals surface area contributed by atoms with Crippen LogP contribution in [-0.2, 0) is 4.74 Å². The van der Waals surface area contributed by atoms with E-state index >= 15 is 0 Å². The fourth-order valence-electron chi connectivity index (χ4n) is 1.33. The summed E-state index contributed by atoms with van der Waals surface area (Å²) in [5.74, 6) is -0.896. The summed E-state index contributed by atoms with van der Waals surface area (Å²) in [4.78, 5) is 27.5. The van der Waals surface area contributed by atoms with Crippen molar-refractivity contribution in [3.05, 3.63) is 44.9 Å². The predicted molar refractivity (Wildman–Crippen MR) is 77.9 cm³/mol. The van der Waals surface area contributed by atoms with E-state index in [9.17, 15) is 9.59 Å². The van der Waals surface area contributed by atoms with Crippen molar-refractivity contribution >= 4 is 51.5 Å². The van der Waals surface area contributed by atoms with Crippen LogP contribution in [0.25, 0.3) is 0 Å². The number of carbonyl (C=O) groups is 2. The molecule has 0 aliphatic carbocycles. The third-order valence-corrected chi connectivity index (χ3v) is 3.93. The molecule has 1 aromatic carbocycles. The van der Waals surface area contributed by atoms with Gasteiger partial charge in [0.1, 0.15) is 4.88 Å². The summed E-state index contributed by atoms with van der Waals surface area (Å²) in [6.45, 7) is 0. The Morgan fingerprint density at radius 3 is 2.70 bits per heavy atom. The lowest BCUT2D eigenvalue weighted by Crippen LogP contribution is -2.11. The van der Waals surface area contributed by atoms with Crippen LogP contribution in [-0.4, -0.2) is 24.0 Å². The second-order valence-electron chi connectivity index (χ2n) is 3.60. The molecule has 2 aromatic rings. The second-order valence-corrected chi connectivity index (χ2v) is 5.45. The van der Waals surface area contributed by atoms with Gasteiger partial charge in [0.15, 0.2) is 5.13 Å². The van der Waals surface area contributed by atoms with E-state index in [2.05, 4.69) is 15.0 Å². The van der Waals surface area contributed by atoms with Gasteiger partial charge in [-0.2, -0.15) is 0 Å². The van der Waals surface area contributed by atoms with Crippen LogP contribution in [0, 0.1) is 0 Å². The van der Waals surface area contributed by atoms with Gasteiger partial charge in [0.2, 0.25) is 0 Å². The Kier molecular flexibility index (Phi) is 4.59. The molecular formula is C12H8Cl2N2O3S. The number of aromatic nitrogens is 1. The van der Waals surface area contributed by atoms with Crippen LogP contribution in [0.4, 0.5) is 5.13 Å². The molecule has 0 atom stereocenters. The minimum absolute atomic E-state index is 0.286. The SMILES string of the molecule is COC(=O)c1cnc(NC(=O)c2ccc(Cl)c(Cl)c2)s1. The molecule has 0 unspecified atom stereocenters. The van der Waals surface area contributed by atoms with E-state index < -0.39 is 11.9 Å². The highest BCUT2D eigenvalue weighted by molar-refractivity contribution is 7.17. The first-order chi connectivity index (χ1) is 9.51. The normalized spacial score (nSPS) is 10.2. The fourth-order valence-corrected chi connectivity index (χ4v) is 2.36. The molecule has 5 nitrogen and oxygen atoms in total. The molecular weight excluding hydrogens is 323 g/mol. The predicted octanol–water partition coefficient (Wildman–Crippen LogP) is 3.49. The number of thiazole rings is 1. The number of nitrogens with zero attached hydrogens (tertiary/aromatic N) is 1. The number of rotatable bonds is 3. The number of hydrogen-bond acceptors (Lipinski definition) is 5. The van der Waals surface area contributed by atoms with Crippen LogP contribution >= 0.6 is 34.5 Å². The number of anilines is 1. The van der Waals surface area contributed by atoms with Gasteiger partial charge >= 0.3 is 5.97 Å². The summed E-state index contributed by atoms with van der Waals surface area (Å²) < 4.78 is 4.55. The maximum Gasteiger partial charge on any atom is 0.349 e. The third kappa shape index (κ3) is 3.27. The summed E-state index contributed by atoms with van der Waals surface area (Å²) in [5.41, 5.74) is 0.342. The van der Waals surface area contributed by atoms with Crippen LogP contribution in [0.5, 0.6) is 0 Å². The van der Waals surface area contributed by atoms with E-state index in [1.807, 2.05) is 0 Å². The van der Waals surface area contributed by atoms with Gasteiger partial charge in [-0.1, -0.05) is 34.5 Å². The molecule has 0 spiro atoms. The van der Waals surface area contributed by atoms with Gasteiger partial charge in [-0.3, -0.25) is 10.1 Å². The number of benzene rings is 1. The number of ether oxygens (including phenoxy) is 1. The van der Waals surface area contributed by atoms with Crippen molar-refractivity contribution in [3.8, 4) is 0 Å². The quantitative estimate of drug-likeness (QED) is 0.874. The molecule has 0 saturated heterocycles. The van der Waals surface area contributed by atoms with Crippen molar-refractivity contribution in [1.29, 1.82) is 0 Å². The van der Waals surface area contributed by atoms with E-state index in [1.165, 1.54) is 25.4 Å². The smallest absolute Gasteiger partial charge is 0.349 e. The highest BCUT2D eigenvalue weighted by Crippen LogP contribution is 2.24. The molecule has 2 rings (SSSR count). The molecule has 0 saturated carbocycles. The van der Waals surface area contributed by atoms with Crippen LogP contribution in [0.15, 0.2) is 24.4 Å². The first-order valence-corrected chi connectivity index (χ1v) is 6.89. The Labute approximate surface area is 128 Å². The Morgan fingerprint density at radius 1 is 1.30 bits per heavy atom. The molecule has 0 aliphatic rings. The standard InChI is InChI=1S/C12H8Cl2N2O3S/c1-19-11(18)9-5-15-12(20-9)16-10(17)6-2-3-7(13)8(14)4-6/h2-5H,1H3,(H,15,16,17). The van der Waals surface area contributed by atoms with E-state index in [4.69, 9.17) is 23.2 Å². The molecule has 0 aliphatic heterocycles. The summed E-state index contributed by atoms with van der Waals surface area (Å²) in [6.07, 6.45) is 1.33. The zero-order chi connectivity index (χ0) is 14.7. The number of nitrogens with one attached hydrogen (secondary N) is 1. The lowest BCUT2D eigenvalue weighted by Gasteiger charge is -2.03. The molecule has 20 heavy (non-hydrogen) atoms. The Hall–Kier alpha value is -1.63. The van der Waals surface area contributed by atoms with Gasteiger partial charge in [-0.15, -0.1) is 0 Å². The number of methoxy groups -OCH3 is 1. The second kappa shape index (κ2) is 6.21. The van der Waals surface area contributed by atoms with Crippen LogP contribution in [0.1, 0.15) is 20.0 Å². The third-order valence-electron chi connectivity index (χ3n) is 2.29. The van der Waals surface area contributed by atoms with Crippen molar-refractivity contribution < 1.29 is 14.3 Å². The van der Waals surface area contributed by atoms with Crippen LogP contribution in [0.2, 0.25) is 10.0 Å². The highest BCUT2D eigenvalue weighted by atomic mass is 35.5. The minimum Gasteiger partial charge on any atom is -0.465 e. The lowest BCUT2D eigenvalue weighted by atomic mass is 10.2. The van der Waals surface area contributed by atoms with E-state index in [0.717, 1.165) is 11.3 Å². The summed E-state index contributed by atoms with van der Waals surface area (Å²) in [7, 11) is 1.27. The minimum atomic E-state index is -0.502. The Bertz CT molecular complexity index is 672. The van der Waals surface area contributed by atoms with Gasteiger partial charge in [-0.25, -0.2) is 9.78 Å². The van der Waals surface area contributed by atoms with E-state index in [0.29, 0.717) is 20.6 Å².